The highest BCUT2D eigenvalue weighted by Crippen LogP contribution is 2.37. The molecule has 0 unspecified atom stereocenters. The van der Waals surface area contributed by atoms with Crippen molar-refractivity contribution >= 4 is 17.7 Å². The largest absolute Gasteiger partial charge is 0.452 e. The Balaban J connectivity index is 2.14. The molecule has 0 aromatic carbocycles. The average Bonchev–Trinajstić information content (AvgIpc) is 2.58. The second-order valence-electron chi connectivity index (χ2n) is 3.93. The van der Waals surface area contributed by atoms with Crippen molar-refractivity contribution in [2.45, 2.75) is 25.0 Å². The van der Waals surface area contributed by atoms with E-state index in [-0.39, 0.29) is 11.9 Å². The number of thioether (sulfide) groups is 1. The summed E-state index contributed by atoms with van der Waals surface area (Å²) < 4.78 is 5.06. The normalized spacial score (nSPS) is 42.6. The molecule has 0 radical (unpaired) electrons. The van der Waals surface area contributed by atoms with E-state index in [4.69, 9.17) is 4.74 Å². The van der Waals surface area contributed by atoms with E-state index >= 15 is 0 Å². The SMILES string of the molecule is C[C@H]1CSCC[C@]1(O)[C@H]1C=CC(=O)O1. The van der Waals surface area contributed by atoms with Crippen molar-refractivity contribution in [1.29, 1.82) is 0 Å². The Morgan fingerprint density at radius 2 is 2.50 bits per heavy atom. The van der Waals surface area contributed by atoms with Crippen molar-refractivity contribution in [2.75, 3.05) is 11.5 Å². The van der Waals surface area contributed by atoms with Gasteiger partial charge in [0.15, 0.2) is 0 Å². The minimum Gasteiger partial charge on any atom is -0.452 e. The first-order chi connectivity index (χ1) is 6.63. The summed E-state index contributed by atoms with van der Waals surface area (Å²) in [5, 5.41) is 10.4. The number of carbonyl (C=O) groups excluding carboxylic acids is 1. The van der Waals surface area contributed by atoms with Gasteiger partial charge in [0.05, 0.1) is 0 Å². The third-order valence-electron chi connectivity index (χ3n) is 3.01. The fourth-order valence-electron chi connectivity index (χ4n) is 1.95. The summed E-state index contributed by atoms with van der Waals surface area (Å²) in [7, 11) is 0. The molecule has 0 amide bonds. The van der Waals surface area contributed by atoms with Crippen molar-refractivity contribution in [1.82, 2.24) is 0 Å². The highest BCUT2D eigenvalue weighted by atomic mass is 32.2. The maximum atomic E-state index is 10.9. The summed E-state index contributed by atoms with van der Waals surface area (Å²) in [5.74, 6) is 1.69. The molecule has 1 fully saturated rings. The summed E-state index contributed by atoms with van der Waals surface area (Å²) in [5.41, 5.74) is -0.853. The molecule has 14 heavy (non-hydrogen) atoms. The third-order valence-corrected chi connectivity index (χ3v) is 4.24. The molecule has 2 aliphatic heterocycles. The number of rotatable bonds is 1. The molecule has 1 N–H and O–H groups in total. The van der Waals surface area contributed by atoms with Crippen LogP contribution in [0.4, 0.5) is 0 Å². The molecule has 0 bridgehead atoms. The Kier molecular flexibility index (Phi) is 2.58. The van der Waals surface area contributed by atoms with Gasteiger partial charge in [0.1, 0.15) is 11.7 Å². The lowest BCUT2D eigenvalue weighted by atomic mass is 9.82. The van der Waals surface area contributed by atoms with Crippen molar-refractivity contribution in [3.63, 3.8) is 0 Å². The van der Waals surface area contributed by atoms with E-state index in [1.165, 1.54) is 6.08 Å². The van der Waals surface area contributed by atoms with E-state index in [2.05, 4.69) is 0 Å². The lowest BCUT2D eigenvalue weighted by Crippen LogP contribution is -2.50. The first-order valence-electron chi connectivity index (χ1n) is 4.82. The van der Waals surface area contributed by atoms with Crippen molar-refractivity contribution in [3.8, 4) is 0 Å². The molecule has 3 nitrogen and oxygen atoms in total. The molecule has 2 aliphatic rings. The molecule has 78 valence electrons. The topological polar surface area (TPSA) is 46.5 Å². The van der Waals surface area contributed by atoms with Gasteiger partial charge < -0.3 is 9.84 Å². The number of hydrogen-bond donors (Lipinski definition) is 1. The fraction of sp³-hybridized carbons (Fsp3) is 0.700. The smallest absolute Gasteiger partial charge is 0.331 e. The van der Waals surface area contributed by atoms with E-state index in [1.807, 2.05) is 18.7 Å². The first kappa shape index (κ1) is 10.1. The number of carbonyl (C=O) groups is 1. The van der Waals surface area contributed by atoms with Crippen LogP contribution in [0.3, 0.4) is 0 Å². The molecule has 1 saturated heterocycles. The van der Waals surface area contributed by atoms with Crippen molar-refractivity contribution in [2.24, 2.45) is 5.92 Å². The Morgan fingerprint density at radius 3 is 3.07 bits per heavy atom. The standard InChI is InChI=1S/C10H14O3S/c1-7-6-14-5-4-10(7,12)8-2-3-9(11)13-8/h2-3,7-8,12H,4-6H2,1H3/t7-,8+,10+/m0/s1. The Labute approximate surface area is 87.5 Å². The van der Waals surface area contributed by atoms with Gasteiger partial charge in [-0.25, -0.2) is 4.79 Å². The highest BCUT2D eigenvalue weighted by molar-refractivity contribution is 7.99. The van der Waals surface area contributed by atoms with Crippen LogP contribution in [0, 0.1) is 5.92 Å². The number of esters is 1. The van der Waals surface area contributed by atoms with Gasteiger partial charge in [0.2, 0.25) is 0 Å². The molecule has 2 heterocycles. The van der Waals surface area contributed by atoms with E-state index in [1.54, 1.807) is 6.08 Å². The van der Waals surface area contributed by atoms with E-state index in [0.29, 0.717) is 6.42 Å². The lowest BCUT2D eigenvalue weighted by Gasteiger charge is -2.40. The Hall–Kier alpha value is -0.480. The van der Waals surface area contributed by atoms with Crippen LogP contribution in [0.1, 0.15) is 13.3 Å². The second-order valence-corrected chi connectivity index (χ2v) is 5.08. The predicted molar refractivity (Wildman–Crippen MR) is 55.1 cm³/mol. The quantitative estimate of drug-likeness (QED) is 0.661. The van der Waals surface area contributed by atoms with Crippen LogP contribution >= 0.6 is 11.8 Å². The average molecular weight is 214 g/mol. The summed E-state index contributed by atoms with van der Waals surface area (Å²) >= 11 is 1.84. The minimum atomic E-state index is -0.853. The van der Waals surface area contributed by atoms with Crippen LogP contribution in [0.5, 0.6) is 0 Å². The van der Waals surface area contributed by atoms with Gasteiger partial charge >= 0.3 is 5.97 Å². The zero-order valence-corrected chi connectivity index (χ0v) is 8.92. The minimum absolute atomic E-state index is 0.168. The monoisotopic (exact) mass is 214 g/mol. The lowest BCUT2D eigenvalue weighted by molar-refractivity contribution is -0.155. The molecule has 2 rings (SSSR count). The molecular formula is C10H14O3S. The van der Waals surface area contributed by atoms with E-state index < -0.39 is 11.7 Å². The maximum Gasteiger partial charge on any atom is 0.331 e. The number of aliphatic hydroxyl groups is 1. The van der Waals surface area contributed by atoms with Crippen molar-refractivity contribution in [3.05, 3.63) is 12.2 Å². The fourth-order valence-corrected chi connectivity index (χ4v) is 3.23. The van der Waals surface area contributed by atoms with Crippen molar-refractivity contribution < 1.29 is 14.6 Å². The summed E-state index contributed by atoms with van der Waals surface area (Å²) in [6.45, 7) is 2.01. The summed E-state index contributed by atoms with van der Waals surface area (Å²) in [6.07, 6.45) is 3.33. The first-order valence-corrected chi connectivity index (χ1v) is 5.97. The van der Waals surface area contributed by atoms with Crippen LogP contribution in [-0.2, 0) is 9.53 Å². The van der Waals surface area contributed by atoms with Gasteiger partial charge in [-0.05, 0) is 29.9 Å². The zero-order valence-electron chi connectivity index (χ0n) is 8.10. The molecule has 0 saturated carbocycles. The molecule has 3 atom stereocenters. The Morgan fingerprint density at radius 1 is 1.71 bits per heavy atom. The molecular weight excluding hydrogens is 200 g/mol. The van der Waals surface area contributed by atoms with Crippen LogP contribution in [-0.4, -0.2) is 34.3 Å². The Bertz CT molecular complexity index is 277. The van der Waals surface area contributed by atoms with E-state index in [0.717, 1.165) is 11.5 Å². The zero-order chi connectivity index (χ0) is 10.2. The molecule has 0 aliphatic carbocycles. The van der Waals surface area contributed by atoms with Crippen LogP contribution in [0.2, 0.25) is 0 Å². The summed E-state index contributed by atoms with van der Waals surface area (Å²) in [6, 6.07) is 0. The van der Waals surface area contributed by atoms with E-state index in [9.17, 15) is 9.90 Å². The molecule has 4 heteroatoms. The molecule has 0 spiro atoms. The van der Waals surface area contributed by atoms with Gasteiger partial charge in [0.25, 0.3) is 0 Å². The molecule has 0 aromatic rings. The second kappa shape index (κ2) is 3.59. The van der Waals surface area contributed by atoms with Crippen LogP contribution < -0.4 is 0 Å². The number of hydrogen-bond acceptors (Lipinski definition) is 4. The van der Waals surface area contributed by atoms with Gasteiger partial charge in [0, 0.05) is 6.08 Å². The number of cyclic esters (lactones) is 1. The van der Waals surface area contributed by atoms with Crippen LogP contribution in [0.15, 0.2) is 12.2 Å². The van der Waals surface area contributed by atoms with Gasteiger partial charge in [-0.1, -0.05) is 6.92 Å². The predicted octanol–water partition coefficient (Wildman–Crippen LogP) is 0.972. The molecule has 0 aromatic heterocycles. The maximum absolute atomic E-state index is 10.9. The van der Waals surface area contributed by atoms with Gasteiger partial charge in [-0.2, -0.15) is 11.8 Å². The highest BCUT2D eigenvalue weighted by Gasteiger charge is 2.45. The summed E-state index contributed by atoms with van der Waals surface area (Å²) in [4.78, 5) is 10.9. The third kappa shape index (κ3) is 1.57. The van der Waals surface area contributed by atoms with Gasteiger partial charge in [-0.3, -0.25) is 0 Å². The van der Waals surface area contributed by atoms with Gasteiger partial charge in [-0.15, -0.1) is 0 Å². The number of ether oxygens (including phenoxy) is 1. The van der Waals surface area contributed by atoms with Crippen LogP contribution in [0.25, 0.3) is 0 Å².